The highest BCUT2D eigenvalue weighted by Gasteiger charge is 1.95. The number of carboxylic acid groups (broad SMARTS) is 1. The van der Waals surface area contributed by atoms with Crippen molar-refractivity contribution < 1.29 is 29.0 Å². The van der Waals surface area contributed by atoms with Crippen LogP contribution in [0.3, 0.4) is 0 Å². The lowest BCUT2D eigenvalue weighted by molar-refractivity contribution is -0.136. The van der Waals surface area contributed by atoms with Gasteiger partial charge in [-0.15, -0.1) is 0 Å². The van der Waals surface area contributed by atoms with Gasteiger partial charge in [0, 0.05) is 23.8 Å². The van der Waals surface area contributed by atoms with Gasteiger partial charge < -0.3 is 14.6 Å². The normalized spacial score (nSPS) is 6.46. The van der Waals surface area contributed by atoms with Crippen molar-refractivity contribution in [3.05, 3.63) is 61.2 Å². The Kier molecular flexibility index (Phi) is 39.9. The van der Waals surface area contributed by atoms with Crippen LogP contribution in [0.25, 0.3) is 0 Å². The van der Waals surface area contributed by atoms with Gasteiger partial charge in [0.2, 0.25) is 0 Å². The number of esters is 2. The molecule has 7 nitrogen and oxygen atoms in total. The third-order valence-electron chi connectivity index (χ3n) is 1.17. The Morgan fingerprint density at radius 3 is 1.35 bits per heavy atom. The van der Waals surface area contributed by atoms with Gasteiger partial charge in [0.15, 0.2) is 0 Å². The lowest BCUT2D eigenvalue weighted by Gasteiger charge is -1.91. The molecule has 0 aromatic heterocycles. The fourth-order valence-corrected chi connectivity index (χ4v) is 0.258. The zero-order valence-corrected chi connectivity index (χ0v) is 16.5. The second-order valence-electron chi connectivity index (χ2n) is 3.21. The summed E-state index contributed by atoms with van der Waals surface area (Å²) in [6, 6.07) is 1.69. The number of allylic oxidation sites excluding steroid dienone is 1. The van der Waals surface area contributed by atoms with Gasteiger partial charge in [-0.3, -0.25) is 0 Å². The van der Waals surface area contributed by atoms with Crippen LogP contribution in [0, 0.1) is 11.3 Å². The molecule has 0 aliphatic carbocycles. The molecule has 0 unspecified atom stereocenters. The van der Waals surface area contributed by atoms with E-state index in [1.807, 2.05) is 0 Å². The maximum atomic E-state index is 10.2. The molecular weight excluding hydrogens is 385 g/mol. The largest absolute Gasteiger partial charge is 0.478 e. The fraction of sp³-hybridized carbons (Fsp3) is 0.176. The summed E-state index contributed by atoms with van der Waals surface area (Å²) in [6.45, 7) is 17.3. The number of nitriles is 1. The zero-order chi connectivity index (χ0) is 22.1. The highest BCUT2D eigenvalue weighted by molar-refractivity contribution is 6.55. The van der Waals surface area contributed by atoms with Crippen molar-refractivity contribution in [2.75, 3.05) is 14.2 Å². The Morgan fingerprint density at radius 2 is 1.35 bits per heavy atom. The van der Waals surface area contributed by atoms with E-state index in [2.05, 4.69) is 42.4 Å². The maximum Gasteiger partial charge on any atom is 0.332 e. The molecule has 0 aliphatic rings. The van der Waals surface area contributed by atoms with Crippen molar-refractivity contribution in [2.45, 2.75) is 6.92 Å². The molecule has 0 spiro atoms. The first-order valence-electron chi connectivity index (χ1n) is 6.21. The van der Waals surface area contributed by atoms with Crippen molar-refractivity contribution in [3.8, 4) is 6.07 Å². The van der Waals surface area contributed by atoms with Crippen molar-refractivity contribution in [1.29, 1.82) is 5.26 Å². The van der Waals surface area contributed by atoms with E-state index in [1.165, 1.54) is 20.3 Å². The summed E-state index contributed by atoms with van der Waals surface area (Å²) in [5, 5.41) is 15.1. The first kappa shape index (κ1) is 34.5. The van der Waals surface area contributed by atoms with Crippen LogP contribution < -0.4 is 0 Å². The number of hydrogen-bond acceptors (Lipinski definition) is 6. The van der Waals surface area contributed by atoms with Crippen LogP contribution >= 0.6 is 23.2 Å². The molecule has 0 atom stereocenters. The Bertz CT molecular complexity index is 518. The van der Waals surface area contributed by atoms with Crippen LogP contribution in [0.5, 0.6) is 0 Å². The Balaban J connectivity index is -0.0000000720. The van der Waals surface area contributed by atoms with E-state index in [9.17, 15) is 14.4 Å². The number of ether oxygens (including phenoxy) is 2. The molecule has 0 aromatic rings. The molecule has 0 radical (unpaired) electrons. The molecule has 0 amide bonds. The van der Waals surface area contributed by atoms with Gasteiger partial charge >= 0.3 is 17.9 Å². The predicted molar refractivity (Wildman–Crippen MR) is 104 cm³/mol. The lowest BCUT2D eigenvalue weighted by Crippen LogP contribution is -1.98. The zero-order valence-electron chi connectivity index (χ0n) is 15.0. The Morgan fingerprint density at radius 1 is 1.04 bits per heavy atom. The van der Waals surface area contributed by atoms with Gasteiger partial charge in [0.1, 0.15) is 0 Å². The molecule has 0 aliphatic heterocycles. The number of carbonyl (C=O) groups excluding carboxylic acids is 2. The highest BCUT2D eigenvalue weighted by atomic mass is 35.5. The van der Waals surface area contributed by atoms with Crippen LogP contribution in [0.2, 0.25) is 0 Å². The topological polar surface area (TPSA) is 114 Å². The predicted octanol–water partition coefficient (Wildman–Crippen LogP) is 3.97. The van der Waals surface area contributed by atoms with Crippen LogP contribution in [0.1, 0.15) is 6.92 Å². The summed E-state index contributed by atoms with van der Waals surface area (Å²) < 4.78 is 8.53. The van der Waals surface area contributed by atoms with Gasteiger partial charge in [-0.25, -0.2) is 14.4 Å². The minimum atomic E-state index is -0.981. The summed E-state index contributed by atoms with van der Waals surface area (Å²) >= 11 is 9.69. The minimum absolute atomic E-state index is 0.111. The van der Waals surface area contributed by atoms with E-state index < -0.39 is 11.9 Å². The monoisotopic (exact) mass is 407 g/mol. The lowest BCUT2D eigenvalue weighted by atomic mass is 10.4. The summed E-state index contributed by atoms with van der Waals surface area (Å²) in [5.41, 5.74) is 0.433. The molecule has 26 heavy (non-hydrogen) atoms. The number of nitrogens with zero attached hydrogens (tertiary/aromatic N) is 1. The van der Waals surface area contributed by atoms with E-state index in [0.29, 0.717) is 5.57 Å². The van der Waals surface area contributed by atoms with Crippen molar-refractivity contribution in [3.63, 3.8) is 0 Å². The number of carbonyl (C=O) groups is 3. The van der Waals surface area contributed by atoms with E-state index in [0.717, 1.165) is 12.2 Å². The minimum Gasteiger partial charge on any atom is -0.478 e. The van der Waals surface area contributed by atoms with Crippen LogP contribution in [-0.2, 0) is 23.9 Å². The van der Waals surface area contributed by atoms with Gasteiger partial charge in [-0.05, 0) is 6.92 Å². The third kappa shape index (κ3) is 83.2. The van der Waals surface area contributed by atoms with E-state index in [-0.39, 0.29) is 10.5 Å². The Labute approximate surface area is 164 Å². The molecular formula is C17H23Cl2NO6. The second-order valence-corrected chi connectivity index (χ2v) is 4.32. The van der Waals surface area contributed by atoms with Crippen LogP contribution in [0.4, 0.5) is 0 Å². The van der Waals surface area contributed by atoms with Crippen molar-refractivity contribution >= 4 is 41.1 Å². The number of hydrogen-bond donors (Lipinski definition) is 1. The fourth-order valence-electron chi connectivity index (χ4n) is 0.258. The molecule has 0 aromatic carbocycles. The molecule has 0 saturated heterocycles. The average molecular weight is 408 g/mol. The van der Waals surface area contributed by atoms with Gasteiger partial charge in [-0.2, -0.15) is 5.26 Å². The summed E-state index contributed by atoms with van der Waals surface area (Å²) in [7, 11) is 2.64. The quantitative estimate of drug-likeness (QED) is 0.427. The summed E-state index contributed by atoms with van der Waals surface area (Å²) in [5.74, 6) is -1.72. The van der Waals surface area contributed by atoms with Gasteiger partial charge in [0.25, 0.3) is 0 Å². The first-order chi connectivity index (χ1) is 11.9. The number of rotatable bonds is 3. The maximum absolute atomic E-state index is 10.2. The molecule has 0 bridgehead atoms. The van der Waals surface area contributed by atoms with E-state index in [4.69, 9.17) is 33.6 Å². The number of aliphatic carboxylic acids is 1. The second kappa shape index (κ2) is 30.1. The van der Waals surface area contributed by atoms with Crippen LogP contribution in [-0.4, -0.2) is 37.2 Å². The molecule has 1 N–H and O–H groups in total. The van der Waals surface area contributed by atoms with Gasteiger partial charge in [-0.1, -0.05) is 56.1 Å². The molecule has 146 valence electrons. The molecule has 0 heterocycles. The number of carboxylic acids is 1. The molecule has 9 heteroatoms. The molecule has 0 fully saturated rings. The van der Waals surface area contributed by atoms with Crippen LogP contribution in [0.15, 0.2) is 61.2 Å². The Hall–Kier alpha value is -2.82. The first-order valence-corrected chi connectivity index (χ1v) is 6.97. The smallest absolute Gasteiger partial charge is 0.332 e. The average Bonchev–Trinajstić information content (AvgIpc) is 2.60. The van der Waals surface area contributed by atoms with E-state index in [1.54, 1.807) is 13.0 Å². The van der Waals surface area contributed by atoms with Gasteiger partial charge in [0.05, 0.1) is 24.8 Å². The summed E-state index contributed by atoms with van der Waals surface area (Å²) in [4.78, 5) is 29.3. The molecule has 0 rings (SSSR count). The van der Waals surface area contributed by atoms with Crippen molar-refractivity contribution in [2.24, 2.45) is 0 Å². The molecule has 0 saturated carbocycles. The number of methoxy groups -OCH3 is 2. The third-order valence-corrected chi connectivity index (χ3v) is 1.17. The summed E-state index contributed by atoms with van der Waals surface area (Å²) in [6.07, 6.45) is 3.12. The van der Waals surface area contributed by atoms with E-state index >= 15 is 0 Å². The highest BCUT2D eigenvalue weighted by Crippen LogP contribution is 1.98. The SMILES string of the molecule is C=C(C)C(=O)OC.C=C(Cl)Cl.C=CC#N.C=CC(=O)O.C=CC(=O)OC. The standard InChI is InChI=1S/C5H8O2.C4H6O2.C3H3N.C3H4O2.C2H2Cl2/c1-4(2)5(6)7-3;1-3-4(5)6-2;1-2-3-4;1-2-3(4)5;1-2(3)4/h1H2,2-3H3;3H,1H2,2H3;2H,1H2;2H,1H2,(H,4,5);1H2. The van der Waals surface area contributed by atoms with Crippen molar-refractivity contribution in [1.82, 2.24) is 0 Å². The number of halogens is 2.